The van der Waals surface area contributed by atoms with Gasteiger partial charge in [0, 0.05) is 0 Å². The van der Waals surface area contributed by atoms with Gasteiger partial charge in [0.25, 0.3) is 6.47 Å². The standard InChI is InChI=1S/C16H24O2/c1-2-3-4-5-6-7-8-11-15-12-9-10-13-16(15)18-14-17/h9-10,12-14H,2-8,11H2,1H3. The maximum atomic E-state index is 10.4. The lowest BCUT2D eigenvalue weighted by Gasteiger charge is -2.06. The first-order valence-corrected chi connectivity index (χ1v) is 7.06. The van der Waals surface area contributed by atoms with E-state index in [4.69, 9.17) is 4.74 Å². The molecule has 2 nitrogen and oxygen atoms in total. The molecule has 0 radical (unpaired) electrons. The number of unbranched alkanes of at least 4 members (excludes halogenated alkanes) is 6. The molecule has 1 aromatic rings. The minimum absolute atomic E-state index is 0.504. The highest BCUT2D eigenvalue weighted by atomic mass is 16.5. The zero-order chi connectivity index (χ0) is 13.1. The molecule has 18 heavy (non-hydrogen) atoms. The van der Waals surface area contributed by atoms with Crippen molar-refractivity contribution in [1.29, 1.82) is 0 Å². The van der Waals surface area contributed by atoms with Gasteiger partial charge in [-0.25, -0.2) is 0 Å². The van der Waals surface area contributed by atoms with Crippen LogP contribution in [0.4, 0.5) is 0 Å². The molecule has 0 saturated carbocycles. The van der Waals surface area contributed by atoms with Crippen LogP contribution in [0.1, 0.15) is 57.4 Å². The Morgan fingerprint density at radius 1 is 1.00 bits per heavy atom. The molecule has 0 atom stereocenters. The van der Waals surface area contributed by atoms with Crippen LogP contribution in [0.25, 0.3) is 0 Å². The van der Waals surface area contributed by atoms with Crippen LogP contribution in [-0.2, 0) is 11.2 Å². The Bertz CT molecular complexity index is 334. The van der Waals surface area contributed by atoms with Crippen molar-refractivity contribution in [2.24, 2.45) is 0 Å². The minimum atomic E-state index is 0.504. The first kappa shape index (κ1) is 14.7. The molecule has 0 N–H and O–H groups in total. The molecule has 1 rings (SSSR count). The third-order valence-electron chi connectivity index (χ3n) is 3.20. The lowest BCUT2D eigenvalue weighted by Crippen LogP contribution is -1.95. The molecule has 0 spiro atoms. The molecule has 2 heteroatoms. The highest BCUT2D eigenvalue weighted by molar-refractivity contribution is 5.47. The van der Waals surface area contributed by atoms with E-state index in [9.17, 15) is 4.79 Å². The fraction of sp³-hybridized carbons (Fsp3) is 0.562. The highest BCUT2D eigenvalue weighted by Gasteiger charge is 2.02. The maximum Gasteiger partial charge on any atom is 0.298 e. The molecule has 0 heterocycles. The van der Waals surface area contributed by atoms with Crippen LogP contribution in [0.3, 0.4) is 0 Å². The fourth-order valence-electron chi connectivity index (χ4n) is 2.15. The third-order valence-corrected chi connectivity index (χ3v) is 3.20. The second-order valence-corrected chi connectivity index (χ2v) is 4.69. The van der Waals surface area contributed by atoms with Gasteiger partial charge in [0.05, 0.1) is 0 Å². The number of rotatable bonds is 10. The molecule has 0 amide bonds. The summed E-state index contributed by atoms with van der Waals surface area (Å²) >= 11 is 0. The Morgan fingerprint density at radius 2 is 1.67 bits per heavy atom. The monoisotopic (exact) mass is 248 g/mol. The predicted molar refractivity (Wildman–Crippen MR) is 74.8 cm³/mol. The van der Waals surface area contributed by atoms with Crippen molar-refractivity contribution in [3.8, 4) is 5.75 Å². The van der Waals surface area contributed by atoms with Crippen LogP contribution < -0.4 is 4.74 Å². The molecule has 0 aromatic heterocycles. The number of carbonyl (C=O) groups is 1. The van der Waals surface area contributed by atoms with Crippen molar-refractivity contribution in [3.63, 3.8) is 0 Å². The van der Waals surface area contributed by atoms with Gasteiger partial charge in [0.2, 0.25) is 0 Å². The zero-order valence-electron chi connectivity index (χ0n) is 11.4. The molecule has 0 aliphatic carbocycles. The molecular formula is C16H24O2. The number of carbonyl (C=O) groups excluding carboxylic acids is 1. The van der Waals surface area contributed by atoms with E-state index in [0.29, 0.717) is 12.2 Å². The third kappa shape index (κ3) is 5.85. The van der Waals surface area contributed by atoms with Gasteiger partial charge in [-0.15, -0.1) is 0 Å². The normalized spacial score (nSPS) is 10.3. The fourth-order valence-corrected chi connectivity index (χ4v) is 2.15. The topological polar surface area (TPSA) is 26.3 Å². The Labute approximate surface area is 110 Å². The number of para-hydroxylation sites is 1. The van der Waals surface area contributed by atoms with Crippen LogP contribution in [0, 0.1) is 0 Å². The van der Waals surface area contributed by atoms with Crippen LogP contribution in [0.5, 0.6) is 5.75 Å². The molecule has 0 bridgehead atoms. The summed E-state index contributed by atoms with van der Waals surface area (Å²) in [6.45, 7) is 2.74. The van der Waals surface area contributed by atoms with Crippen LogP contribution in [0.2, 0.25) is 0 Å². The number of hydrogen-bond donors (Lipinski definition) is 0. The summed E-state index contributed by atoms with van der Waals surface area (Å²) in [6.07, 6.45) is 10.1. The van der Waals surface area contributed by atoms with Crippen molar-refractivity contribution in [1.82, 2.24) is 0 Å². The average molecular weight is 248 g/mol. The van der Waals surface area contributed by atoms with E-state index in [1.54, 1.807) is 0 Å². The molecular weight excluding hydrogens is 224 g/mol. The Hall–Kier alpha value is -1.31. The van der Waals surface area contributed by atoms with E-state index < -0.39 is 0 Å². The van der Waals surface area contributed by atoms with Gasteiger partial charge in [-0.2, -0.15) is 0 Å². The van der Waals surface area contributed by atoms with Gasteiger partial charge >= 0.3 is 0 Å². The molecule has 0 aliphatic heterocycles. The summed E-state index contributed by atoms with van der Waals surface area (Å²) < 4.78 is 4.97. The number of hydrogen-bond acceptors (Lipinski definition) is 2. The van der Waals surface area contributed by atoms with Crippen LogP contribution in [0.15, 0.2) is 24.3 Å². The summed E-state index contributed by atoms with van der Waals surface area (Å²) in [5.41, 5.74) is 1.14. The maximum absolute atomic E-state index is 10.4. The Morgan fingerprint density at radius 3 is 2.39 bits per heavy atom. The van der Waals surface area contributed by atoms with Crippen LogP contribution >= 0.6 is 0 Å². The second kappa shape index (κ2) is 9.69. The summed E-state index contributed by atoms with van der Waals surface area (Å²) in [5.74, 6) is 0.707. The quantitative estimate of drug-likeness (QED) is 0.449. The van der Waals surface area contributed by atoms with Crippen molar-refractivity contribution in [3.05, 3.63) is 29.8 Å². The predicted octanol–water partition coefficient (Wildman–Crippen LogP) is 4.51. The molecule has 0 fully saturated rings. The van der Waals surface area contributed by atoms with Gasteiger partial charge < -0.3 is 4.74 Å². The van der Waals surface area contributed by atoms with Gasteiger partial charge in [-0.3, -0.25) is 4.79 Å². The van der Waals surface area contributed by atoms with E-state index in [2.05, 4.69) is 6.92 Å². The molecule has 100 valence electrons. The largest absolute Gasteiger partial charge is 0.428 e. The number of benzene rings is 1. The average Bonchev–Trinajstić information content (AvgIpc) is 2.40. The van der Waals surface area contributed by atoms with E-state index in [-0.39, 0.29) is 0 Å². The zero-order valence-corrected chi connectivity index (χ0v) is 11.4. The lowest BCUT2D eigenvalue weighted by molar-refractivity contribution is -0.120. The molecule has 0 unspecified atom stereocenters. The van der Waals surface area contributed by atoms with Gasteiger partial charge in [0.1, 0.15) is 5.75 Å². The summed E-state index contributed by atoms with van der Waals surface area (Å²) in [5, 5.41) is 0. The first-order valence-electron chi connectivity index (χ1n) is 7.06. The van der Waals surface area contributed by atoms with Gasteiger partial charge in [0.15, 0.2) is 0 Å². The second-order valence-electron chi connectivity index (χ2n) is 4.69. The number of aryl methyl sites for hydroxylation is 1. The minimum Gasteiger partial charge on any atom is -0.428 e. The lowest BCUT2D eigenvalue weighted by atomic mass is 10.0. The molecule has 0 aliphatic rings. The van der Waals surface area contributed by atoms with Crippen molar-refractivity contribution >= 4 is 6.47 Å². The molecule has 1 aromatic carbocycles. The van der Waals surface area contributed by atoms with E-state index in [1.165, 1.54) is 44.9 Å². The Balaban J connectivity index is 2.20. The van der Waals surface area contributed by atoms with E-state index in [0.717, 1.165) is 12.0 Å². The highest BCUT2D eigenvalue weighted by Crippen LogP contribution is 2.20. The molecule has 0 saturated heterocycles. The van der Waals surface area contributed by atoms with Crippen LogP contribution in [-0.4, -0.2) is 6.47 Å². The number of ether oxygens (including phenoxy) is 1. The van der Waals surface area contributed by atoms with Gasteiger partial charge in [-0.05, 0) is 24.5 Å². The first-order chi connectivity index (χ1) is 8.88. The van der Waals surface area contributed by atoms with Crippen molar-refractivity contribution in [2.75, 3.05) is 0 Å². The van der Waals surface area contributed by atoms with Gasteiger partial charge in [-0.1, -0.05) is 63.6 Å². The van der Waals surface area contributed by atoms with Crippen molar-refractivity contribution < 1.29 is 9.53 Å². The Kier molecular flexibility index (Phi) is 7.94. The van der Waals surface area contributed by atoms with E-state index >= 15 is 0 Å². The smallest absolute Gasteiger partial charge is 0.298 e. The SMILES string of the molecule is CCCCCCCCCc1ccccc1OC=O. The van der Waals surface area contributed by atoms with E-state index in [1.807, 2.05) is 24.3 Å². The summed E-state index contributed by atoms with van der Waals surface area (Å²) in [4.78, 5) is 10.4. The summed E-state index contributed by atoms with van der Waals surface area (Å²) in [7, 11) is 0. The summed E-state index contributed by atoms with van der Waals surface area (Å²) in [6, 6.07) is 7.78. The van der Waals surface area contributed by atoms with Crippen molar-refractivity contribution in [2.45, 2.75) is 58.3 Å².